The Balaban J connectivity index is 1.60. The number of amides is 1. The van der Waals surface area contributed by atoms with Crippen LogP contribution in [0.15, 0.2) is 24.3 Å². The molecule has 0 radical (unpaired) electrons. The standard InChI is InChI=1S/C17H24N2O2/c1-12(13-4-3-5-14(10-13)21-2)19-16(20)15-11-17(15)6-8-18-9-7-17/h3-5,10,12,15,18H,6-9,11H2,1-2H3,(H,19,20)/t12-,15?/m0/s1. The third-order valence-corrected chi connectivity index (χ3v) is 5.06. The van der Waals surface area contributed by atoms with Crippen LogP contribution in [-0.4, -0.2) is 26.1 Å². The van der Waals surface area contributed by atoms with E-state index in [9.17, 15) is 4.79 Å². The van der Waals surface area contributed by atoms with Crippen LogP contribution in [0.3, 0.4) is 0 Å². The van der Waals surface area contributed by atoms with E-state index in [-0.39, 0.29) is 17.9 Å². The lowest BCUT2D eigenvalue weighted by Crippen LogP contribution is -2.34. The summed E-state index contributed by atoms with van der Waals surface area (Å²) in [7, 11) is 1.66. The Morgan fingerprint density at radius 2 is 2.19 bits per heavy atom. The van der Waals surface area contributed by atoms with E-state index < -0.39 is 0 Å². The summed E-state index contributed by atoms with van der Waals surface area (Å²) in [6.07, 6.45) is 3.34. The number of carbonyl (C=O) groups excluding carboxylic acids is 1. The number of nitrogens with one attached hydrogen (secondary N) is 2. The quantitative estimate of drug-likeness (QED) is 0.893. The molecule has 3 rings (SSSR count). The highest BCUT2D eigenvalue weighted by molar-refractivity contribution is 5.83. The lowest BCUT2D eigenvalue weighted by molar-refractivity contribution is -0.123. The van der Waals surface area contributed by atoms with Crippen LogP contribution >= 0.6 is 0 Å². The van der Waals surface area contributed by atoms with Crippen molar-refractivity contribution in [2.75, 3.05) is 20.2 Å². The highest BCUT2D eigenvalue weighted by Crippen LogP contribution is 2.58. The summed E-state index contributed by atoms with van der Waals surface area (Å²) in [6.45, 7) is 4.13. The van der Waals surface area contributed by atoms with Crippen LogP contribution in [-0.2, 0) is 4.79 Å². The summed E-state index contributed by atoms with van der Waals surface area (Å²) in [4.78, 5) is 12.5. The molecule has 2 atom stereocenters. The van der Waals surface area contributed by atoms with Gasteiger partial charge in [-0.3, -0.25) is 4.79 Å². The van der Waals surface area contributed by atoms with E-state index in [1.54, 1.807) is 7.11 Å². The zero-order valence-electron chi connectivity index (χ0n) is 12.8. The smallest absolute Gasteiger partial charge is 0.224 e. The molecule has 1 aliphatic carbocycles. The van der Waals surface area contributed by atoms with Crippen molar-refractivity contribution in [2.24, 2.45) is 11.3 Å². The summed E-state index contributed by atoms with van der Waals surface area (Å²) < 4.78 is 5.24. The fourth-order valence-electron chi connectivity index (χ4n) is 3.50. The maximum absolute atomic E-state index is 12.5. The van der Waals surface area contributed by atoms with Crippen LogP contribution in [0, 0.1) is 11.3 Å². The molecule has 2 fully saturated rings. The largest absolute Gasteiger partial charge is 0.497 e. The SMILES string of the molecule is COc1cccc([C@H](C)NC(=O)C2CC23CCNCC3)c1. The summed E-state index contributed by atoms with van der Waals surface area (Å²) in [5.41, 5.74) is 1.38. The molecule has 1 saturated carbocycles. The first kappa shape index (κ1) is 14.4. The zero-order valence-corrected chi connectivity index (χ0v) is 12.8. The Labute approximate surface area is 126 Å². The number of benzene rings is 1. The Hall–Kier alpha value is -1.55. The van der Waals surface area contributed by atoms with Gasteiger partial charge in [0.15, 0.2) is 0 Å². The molecule has 4 heteroatoms. The molecule has 1 amide bonds. The van der Waals surface area contributed by atoms with Gasteiger partial charge in [-0.25, -0.2) is 0 Å². The van der Waals surface area contributed by atoms with E-state index in [1.807, 2.05) is 31.2 Å². The number of carbonyl (C=O) groups is 1. The average Bonchev–Trinajstić information content (AvgIpc) is 3.21. The number of ether oxygens (including phenoxy) is 1. The van der Waals surface area contributed by atoms with Gasteiger partial charge in [0, 0.05) is 5.92 Å². The molecule has 1 aromatic rings. The normalized spacial score (nSPS) is 24.4. The van der Waals surface area contributed by atoms with E-state index in [0.717, 1.165) is 43.7 Å². The summed E-state index contributed by atoms with van der Waals surface area (Å²) in [5, 5.41) is 6.54. The van der Waals surface area contributed by atoms with Crippen molar-refractivity contribution >= 4 is 5.91 Å². The molecule has 2 N–H and O–H groups in total. The van der Waals surface area contributed by atoms with Crippen LogP contribution in [0.1, 0.15) is 37.8 Å². The minimum absolute atomic E-state index is 0.0203. The Bertz CT molecular complexity index is 523. The topological polar surface area (TPSA) is 50.4 Å². The van der Waals surface area contributed by atoms with E-state index in [4.69, 9.17) is 4.74 Å². The van der Waals surface area contributed by atoms with E-state index in [1.165, 1.54) is 0 Å². The third kappa shape index (κ3) is 2.91. The predicted octanol–water partition coefficient (Wildman–Crippen LogP) is 2.26. The maximum atomic E-state index is 12.5. The zero-order chi connectivity index (χ0) is 14.9. The molecule has 1 heterocycles. The van der Waals surface area contributed by atoms with Crippen molar-refractivity contribution in [3.8, 4) is 5.75 Å². The predicted molar refractivity (Wildman–Crippen MR) is 82.2 cm³/mol. The highest BCUT2D eigenvalue weighted by Gasteiger charge is 2.57. The van der Waals surface area contributed by atoms with Crippen molar-refractivity contribution in [1.29, 1.82) is 0 Å². The lowest BCUT2D eigenvalue weighted by Gasteiger charge is -2.24. The number of methoxy groups -OCH3 is 1. The van der Waals surface area contributed by atoms with Crippen molar-refractivity contribution in [2.45, 2.75) is 32.2 Å². The van der Waals surface area contributed by atoms with Gasteiger partial charge in [0.25, 0.3) is 0 Å². The minimum atomic E-state index is 0.0203. The Morgan fingerprint density at radius 3 is 2.90 bits per heavy atom. The van der Waals surface area contributed by atoms with Gasteiger partial charge in [-0.05, 0) is 62.4 Å². The van der Waals surface area contributed by atoms with E-state index >= 15 is 0 Å². The molecule has 1 aliphatic heterocycles. The monoisotopic (exact) mass is 288 g/mol. The van der Waals surface area contributed by atoms with Crippen molar-refractivity contribution in [1.82, 2.24) is 10.6 Å². The fraction of sp³-hybridized carbons (Fsp3) is 0.588. The van der Waals surface area contributed by atoms with Crippen LogP contribution in [0.4, 0.5) is 0 Å². The van der Waals surface area contributed by atoms with Gasteiger partial charge in [0.05, 0.1) is 13.2 Å². The first-order chi connectivity index (χ1) is 10.1. The van der Waals surface area contributed by atoms with Gasteiger partial charge in [0.2, 0.25) is 5.91 Å². The molecule has 1 aromatic carbocycles. The third-order valence-electron chi connectivity index (χ3n) is 5.06. The van der Waals surface area contributed by atoms with Gasteiger partial charge >= 0.3 is 0 Å². The first-order valence-electron chi connectivity index (χ1n) is 7.80. The van der Waals surface area contributed by atoms with Gasteiger partial charge in [0.1, 0.15) is 5.75 Å². The second-order valence-electron chi connectivity index (χ2n) is 6.38. The molecular weight excluding hydrogens is 264 g/mol. The number of rotatable bonds is 4. The van der Waals surface area contributed by atoms with Crippen LogP contribution in [0.25, 0.3) is 0 Å². The van der Waals surface area contributed by atoms with Gasteiger partial charge in [-0.2, -0.15) is 0 Å². The van der Waals surface area contributed by atoms with Crippen LogP contribution in [0.5, 0.6) is 5.75 Å². The van der Waals surface area contributed by atoms with Crippen molar-refractivity contribution in [3.63, 3.8) is 0 Å². The second-order valence-corrected chi connectivity index (χ2v) is 6.38. The van der Waals surface area contributed by atoms with Gasteiger partial charge in [-0.15, -0.1) is 0 Å². The van der Waals surface area contributed by atoms with Gasteiger partial charge < -0.3 is 15.4 Å². The molecule has 4 nitrogen and oxygen atoms in total. The molecule has 21 heavy (non-hydrogen) atoms. The molecule has 1 unspecified atom stereocenters. The molecule has 114 valence electrons. The minimum Gasteiger partial charge on any atom is -0.497 e. The summed E-state index contributed by atoms with van der Waals surface area (Å²) >= 11 is 0. The van der Waals surface area contributed by atoms with Crippen LogP contribution < -0.4 is 15.4 Å². The van der Waals surface area contributed by atoms with Crippen molar-refractivity contribution < 1.29 is 9.53 Å². The lowest BCUT2D eigenvalue weighted by atomic mass is 9.91. The molecule has 2 aliphatic rings. The Morgan fingerprint density at radius 1 is 1.43 bits per heavy atom. The maximum Gasteiger partial charge on any atom is 0.224 e. The van der Waals surface area contributed by atoms with Crippen molar-refractivity contribution in [3.05, 3.63) is 29.8 Å². The fourth-order valence-corrected chi connectivity index (χ4v) is 3.50. The Kier molecular flexibility index (Phi) is 3.89. The average molecular weight is 288 g/mol. The summed E-state index contributed by atoms with van der Waals surface area (Å²) in [5.74, 6) is 1.26. The summed E-state index contributed by atoms with van der Waals surface area (Å²) in [6, 6.07) is 7.91. The first-order valence-corrected chi connectivity index (χ1v) is 7.80. The van der Waals surface area contributed by atoms with Crippen LogP contribution in [0.2, 0.25) is 0 Å². The number of hydrogen-bond donors (Lipinski definition) is 2. The van der Waals surface area contributed by atoms with E-state index in [2.05, 4.69) is 10.6 Å². The number of piperidine rings is 1. The van der Waals surface area contributed by atoms with Gasteiger partial charge in [-0.1, -0.05) is 12.1 Å². The van der Waals surface area contributed by atoms with E-state index in [0.29, 0.717) is 5.41 Å². The highest BCUT2D eigenvalue weighted by atomic mass is 16.5. The molecule has 1 saturated heterocycles. The second kappa shape index (κ2) is 5.68. The number of hydrogen-bond acceptors (Lipinski definition) is 3. The molecule has 0 bridgehead atoms. The molecule has 0 aromatic heterocycles. The molecular formula is C17H24N2O2. The molecule has 1 spiro atoms.